The number of ether oxygens (including phenoxy) is 2. The van der Waals surface area contributed by atoms with Gasteiger partial charge < -0.3 is 19.3 Å². The number of carbonyl (C=O) groups is 2. The van der Waals surface area contributed by atoms with Crippen LogP contribution in [0.1, 0.15) is 58.3 Å². The van der Waals surface area contributed by atoms with E-state index in [0.717, 1.165) is 64.7 Å². The predicted molar refractivity (Wildman–Crippen MR) is 110 cm³/mol. The summed E-state index contributed by atoms with van der Waals surface area (Å²) in [6.45, 7) is 7.38. The first-order chi connectivity index (χ1) is 14.2. The lowest BCUT2D eigenvalue weighted by Crippen LogP contribution is -2.63. The highest BCUT2D eigenvalue weighted by atomic mass is 16.6. The summed E-state index contributed by atoms with van der Waals surface area (Å²) in [5, 5.41) is 0. The summed E-state index contributed by atoms with van der Waals surface area (Å²) in [7, 11) is 0. The van der Waals surface area contributed by atoms with Crippen LogP contribution >= 0.6 is 0 Å². The average molecular weight is 408 g/mol. The monoisotopic (exact) mass is 407 g/mol. The molecule has 0 saturated carbocycles. The van der Waals surface area contributed by atoms with Gasteiger partial charge in [-0.2, -0.15) is 0 Å². The van der Waals surface area contributed by atoms with E-state index in [2.05, 4.69) is 9.80 Å². The van der Waals surface area contributed by atoms with Gasteiger partial charge in [0.25, 0.3) is 0 Å². The predicted octanol–water partition coefficient (Wildman–Crippen LogP) is 2.49. The minimum atomic E-state index is -0.189. The van der Waals surface area contributed by atoms with Crippen molar-refractivity contribution in [1.82, 2.24) is 14.7 Å². The van der Waals surface area contributed by atoms with E-state index in [1.165, 1.54) is 12.8 Å². The Bertz CT molecular complexity index is 556. The molecule has 0 N–H and O–H groups in total. The smallest absolute Gasteiger partial charge is 0.410 e. The molecule has 2 unspecified atom stereocenters. The van der Waals surface area contributed by atoms with Gasteiger partial charge in [0.05, 0.1) is 31.9 Å². The number of morpholine rings is 1. The van der Waals surface area contributed by atoms with Crippen molar-refractivity contribution in [2.24, 2.45) is 5.92 Å². The van der Waals surface area contributed by atoms with Gasteiger partial charge in [-0.3, -0.25) is 9.69 Å². The average Bonchev–Trinajstić information content (AvgIpc) is 3.02. The number of piperidine rings is 2. The van der Waals surface area contributed by atoms with Crippen molar-refractivity contribution in [3.63, 3.8) is 0 Å². The summed E-state index contributed by atoms with van der Waals surface area (Å²) < 4.78 is 11.0. The number of amides is 2. The molecule has 4 aliphatic heterocycles. The van der Waals surface area contributed by atoms with Crippen LogP contribution in [0.4, 0.5) is 4.79 Å². The summed E-state index contributed by atoms with van der Waals surface area (Å²) in [5.74, 6) is 0.598. The lowest BCUT2D eigenvalue weighted by molar-refractivity contribution is -0.137. The Kier molecular flexibility index (Phi) is 6.96. The van der Waals surface area contributed by atoms with E-state index in [9.17, 15) is 9.59 Å². The van der Waals surface area contributed by atoms with Crippen molar-refractivity contribution >= 4 is 12.0 Å². The zero-order valence-electron chi connectivity index (χ0n) is 17.9. The molecule has 0 aliphatic carbocycles. The number of likely N-dealkylation sites (tertiary alicyclic amines) is 2. The van der Waals surface area contributed by atoms with Gasteiger partial charge in [-0.25, -0.2) is 4.79 Å². The zero-order valence-corrected chi connectivity index (χ0v) is 17.9. The minimum absolute atomic E-state index is 0.114. The van der Waals surface area contributed by atoms with Gasteiger partial charge >= 0.3 is 6.09 Å². The molecular weight excluding hydrogens is 370 g/mol. The van der Waals surface area contributed by atoms with E-state index >= 15 is 0 Å². The maximum Gasteiger partial charge on any atom is 0.410 e. The Labute approximate surface area is 174 Å². The Hall–Kier alpha value is -1.34. The molecule has 0 aromatic rings. The fourth-order valence-electron chi connectivity index (χ4n) is 5.74. The van der Waals surface area contributed by atoms with Crippen molar-refractivity contribution in [1.29, 1.82) is 0 Å². The first-order valence-corrected chi connectivity index (χ1v) is 11.7. The molecule has 4 rings (SSSR count). The Morgan fingerprint density at radius 3 is 2.10 bits per heavy atom. The van der Waals surface area contributed by atoms with E-state index in [1.807, 2.05) is 11.8 Å². The van der Waals surface area contributed by atoms with E-state index in [0.29, 0.717) is 31.8 Å². The molecule has 0 radical (unpaired) electrons. The molecule has 2 amide bonds. The van der Waals surface area contributed by atoms with E-state index < -0.39 is 0 Å². The Morgan fingerprint density at radius 2 is 1.52 bits per heavy atom. The molecule has 4 heterocycles. The van der Waals surface area contributed by atoms with Gasteiger partial charge in [0.15, 0.2) is 0 Å². The molecule has 2 bridgehead atoms. The number of hydrogen-bond donors (Lipinski definition) is 0. The maximum absolute atomic E-state index is 13.0. The number of nitrogens with zero attached hydrogens (tertiary/aromatic N) is 3. The van der Waals surface area contributed by atoms with Gasteiger partial charge in [0.2, 0.25) is 5.91 Å². The van der Waals surface area contributed by atoms with Crippen LogP contribution < -0.4 is 0 Å². The number of carbonyl (C=O) groups excluding carboxylic acids is 2. The van der Waals surface area contributed by atoms with Crippen molar-refractivity contribution in [2.75, 3.05) is 46.0 Å². The Balaban J connectivity index is 1.30. The minimum Gasteiger partial charge on any atom is -0.450 e. The molecular formula is C22H37N3O4. The SMILES string of the molecule is CCOC(=O)N1C2COCC1CC(N1CCC(C(=O)N3CCCCCC3)CC1)C2. The third-order valence-corrected chi connectivity index (χ3v) is 7.29. The van der Waals surface area contributed by atoms with Crippen LogP contribution in [0.2, 0.25) is 0 Å². The summed E-state index contributed by atoms with van der Waals surface area (Å²) >= 11 is 0. The first-order valence-electron chi connectivity index (χ1n) is 11.7. The molecule has 164 valence electrons. The van der Waals surface area contributed by atoms with Crippen LogP contribution in [0.15, 0.2) is 0 Å². The van der Waals surface area contributed by atoms with E-state index in [1.54, 1.807) is 0 Å². The third-order valence-electron chi connectivity index (χ3n) is 7.29. The van der Waals surface area contributed by atoms with Crippen molar-refractivity contribution in [3.05, 3.63) is 0 Å². The van der Waals surface area contributed by atoms with E-state index in [4.69, 9.17) is 9.47 Å². The second-order valence-corrected chi connectivity index (χ2v) is 9.13. The van der Waals surface area contributed by atoms with E-state index in [-0.39, 0.29) is 24.1 Å². The Morgan fingerprint density at radius 1 is 0.897 bits per heavy atom. The standard InChI is InChI=1S/C22H37N3O4/c1-2-29-22(27)25-19-13-18(14-20(25)16-28-15-19)23-11-7-17(8-12-23)21(26)24-9-5-3-4-6-10-24/h17-20H,2-16H2,1H3. The molecule has 2 atom stereocenters. The van der Waals surface area contributed by atoms with Crippen LogP contribution in [0, 0.1) is 5.92 Å². The summed E-state index contributed by atoms with van der Waals surface area (Å²) in [5.41, 5.74) is 0. The molecule has 0 spiro atoms. The quantitative estimate of drug-likeness (QED) is 0.719. The van der Waals surface area contributed by atoms with Crippen LogP contribution in [-0.4, -0.2) is 90.8 Å². The second kappa shape index (κ2) is 9.65. The summed E-state index contributed by atoms with van der Waals surface area (Å²) in [4.78, 5) is 32.0. The topological polar surface area (TPSA) is 62.3 Å². The highest BCUT2D eigenvalue weighted by Crippen LogP contribution is 2.33. The zero-order chi connectivity index (χ0) is 20.2. The number of rotatable bonds is 3. The number of fused-ring (bicyclic) bond motifs is 2. The highest BCUT2D eigenvalue weighted by Gasteiger charge is 2.44. The van der Waals surface area contributed by atoms with Gasteiger partial charge in [-0.1, -0.05) is 12.8 Å². The lowest BCUT2D eigenvalue weighted by Gasteiger charge is -2.51. The summed E-state index contributed by atoms with van der Waals surface area (Å²) in [6.07, 6.45) is 8.49. The first kappa shape index (κ1) is 20.9. The van der Waals surface area contributed by atoms with Crippen molar-refractivity contribution < 1.29 is 19.1 Å². The second-order valence-electron chi connectivity index (χ2n) is 9.13. The molecule has 29 heavy (non-hydrogen) atoms. The normalized spacial score (nSPS) is 32.0. The molecule has 0 aromatic carbocycles. The van der Waals surface area contributed by atoms with Crippen LogP contribution in [0.3, 0.4) is 0 Å². The highest BCUT2D eigenvalue weighted by molar-refractivity contribution is 5.79. The van der Waals surface area contributed by atoms with Gasteiger partial charge in [0.1, 0.15) is 0 Å². The summed E-state index contributed by atoms with van der Waals surface area (Å²) in [6, 6.07) is 0.708. The maximum atomic E-state index is 13.0. The lowest BCUT2D eigenvalue weighted by atomic mass is 9.86. The fourth-order valence-corrected chi connectivity index (χ4v) is 5.74. The van der Waals surface area contributed by atoms with Gasteiger partial charge in [-0.15, -0.1) is 0 Å². The molecule has 7 nitrogen and oxygen atoms in total. The molecule has 7 heteroatoms. The van der Waals surface area contributed by atoms with Gasteiger partial charge in [-0.05, 0) is 58.5 Å². The molecule has 0 aromatic heterocycles. The molecule has 4 saturated heterocycles. The number of hydrogen-bond acceptors (Lipinski definition) is 5. The van der Waals surface area contributed by atoms with Crippen molar-refractivity contribution in [3.8, 4) is 0 Å². The van der Waals surface area contributed by atoms with Gasteiger partial charge in [0, 0.05) is 25.0 Å². The molecule has 4 fully saturated rings. The van der Waals surface area contributed by atoms with Crippen LogP contribution in [0.5, 0.6) is 0 Å². The third kappa shape index (κ3) is 4.71. The largest absolute Gasteiger partial charge is 0.450 e. The molecule has 4 aliphatic rings. The van der Waals surface area contributed by atoms with Crippen LogP contribution in [0.25, 0.3) is 0 Å². The van der Waals surface area contributed by atoms with Crippen molar-refractivity contribution in [2.45, 2.75) is 76.4 Å². The fraction of sp³-hybridized carbons (Fsp3) is 0.909. The van der Waals surface area contributed by atoms with Crippen LogP contribution in [-0.2, 0) is 14.3 Å².